The van der Waals surface area contributed by atoms with E-state index in [0.29, 0.717) is 0 Å². The van der Waals surface area contributed by atoms with Crippen molar-refractivity contribution >= 4 is 22.0 Å². The first-order chi connectivity index (χ1) is 10.7. The first-order valence-corrected chi connectivity index (χ1v) is 8.94. The van der Waals surface area contributed by atoms with Gasteiger partial charge in [-0.3, -0.25) is 0 Å². The molecule has 0 aromatic heterocycles. The number of rotatable bonds is 3. The summed E-state index contributed by atoms with van der Waals surface area (Å²) in [6, 6.07) is 8.25. The molecule has 0 aliphatic carbocycles. The zero-order valence-electron chi connectivity index (χ0n) is 14.5. The molecule has 1 fully saturated rings. The zero-order chi connectivity index (χ0) is 17.1. The summed E-state index contributed by atoms with van der Waals surface area (Å²) < 4.78 is 6.58. The van der Waals surface area contributed by atoms with E-state index in [-0.39, 0.29) is 11.6 Å². The van der Waals surface area contributed by atoms with Gasteiger partial charge in [0.15, 0.2) is 0 Å². The molecule has 0 radical (unpaired) electrons. The standard InChI is InChI=1S/C18H27BrN2O2/c1-17(2,3)23-16(22)21-11-9-18(4,10-12-21)20-13-14-7-5-6-8-15(14)19/h5-8,20H,9-13H2,1-4H3. The Labute approximate surface area is 147 Å². The number of likely N-dealkylation sites (tertiary alicyclic amines) is 1. The van der Waals surface area contributed by atoms with Gasteiger partial charge in [-0.2, -0.15) is 0 Å². The van der Waals surface area contributed by atoms with Crippen molar-refractivity contribution in [2.24, 2.45) is 0 Å². The van der Waals surface area contributed by atoms with Crippen molar-refractivity contribution in [2.45, 2.75) is 58.2 Å². The largest absolute Gasteiger partial charge is 0.444 e. The Kier molecular flexibility index (Phi) is 5.74. The lowest BCUT2D eigenvalue weighted by molar-refractivity contribution is 0.0156. The van der Waals surface area contributed by atoms with Gasteiger partial charge < -0.3 is 15.0 Å². The number of hydrogen-bond donors (Lipinski definition) is 1. The Morgan fingerprint density at radius 2 is 1.91 bits per heavy atom. The lowest BCUT2D eigenvalue weighted by Gasteiger charge is -2.40. The number of carbonyl (C=O) groups is 1. The first-order valence-electron chi connectivity index (χ1n) is 8.15. The van der Waals surface area contributed by atoms with Crippen molar-refractivity contribution < 1.29 is 9.53 Å². The van der Waals surface area contributed by atoms with E-state index in [1.165, 1.54) is 5.56 Å². The Bertz CT molecular complexity index is 546. The highest BCUT2D eigenvalue weighted by Crippen LogP contribution is 2.25. The fourth-order valence-electron chi connectivity index (χ4n) is 2.64. The van der Waals surface area contributed by atoms with Crippen LogP contribution in [0.25, 0.3) is 0 Å². The molecular formula is C18H27BrN2O2. The quantitative estimate of drug-likeness (QED) is 0.845. The molecule has 2 rings (SSSR count). The minimum absolute atomic E-state index is 0.0494. The maximum atomic E-state index is 12.1. The Balaban J connectivity index is 1.85. The van der Waals surface area contributed by atoms with E-state index in [2.05, 4.69) is 46.4 Å². The highest BCUT2D eigenvalue weighted by molar-refractivity contribution is 9.10. The molecule has 23 heavy (non-hydrogen) atoms. The Morgan fingerprint density at radius 3 is 2.48 bits per heavy atom. The SMILES string of the molecule is CC1(NCc2ccccc2Br)CCN(C(=O)OC(C)(C)C)CC1. The number of ether oxygens (including phenoxy) is 1. The van der Waals surface area contributed by atoms with Crippen LogP contribution in [0.4, 0.5) is 4.79 Å². The van der Waals surface area contributed by atoms with E-state index in [9.17, 15) is 4.79 Å². The van der Waals surface area contributed by atoms with Crippen LogP contribution in [-0.4, -0.2) is 35.2 Å². The van der Waals surface area contributed by atoms with Crippen molar-refractivity contribution in [1.29, 1.82) is 0 Å². The van der Waals surface area contributed by atoms with E-state index in [4.69, 9.17) is 4.74 Å². The average Bonchev–Trinajstić information content (AvgIpc) is 2.45. The summed E-state index contributed by atoms with van der Waals surface area (Å²) in [7, 11) is 0. The Hall–Kier alpha value is -1.07. The summed E-state index contributed by atoms with van der Waals surface area (Å²) >= 11 is 3.59. The van der Waals surface area contributed by atoms with Gasteiger partial charge in [0.25, 0.3) is 0 Å². The molecule has 4 nitrogen and oxygen atoms in total. The second kappa shape index (κ2) is 7.22. The number of amides is 1. The summed E-state index contributed by atoms with van der Waals surface area (Å²) in [5, 5.41) is 3.65. The van der Waals surface area contributed by atoms with Crippen LogP contribution in [0.3, 0.4) is 0 Å². The van der Waals surface area contributed by atoms with Crippen LogP contribution >= 0.6 is 15.9 Å². The second-order valence-electron chi connectivity index (χ2n) is 7.47. The van der Waals surface area contributed by atoms with Crippen LogP contribution in [0.15, 0.2) is 28.7 Å². The van der Waals surface area contributed by atoms with E-state index in [0.717, 1.165) is 36.9 Å². The molecule has 0 saturated carbocycles. The number of halogens is 1. The zero-order valence-corrected chi connectivity index (χ0v) is 16.1. The van der Waals surface area contributed by atoms with Crippen LogP contribution in [0.2, 0.25) is 0 Å². The van der Waals surface area contributed by atoms with Crippen LogP contribution < -0.4 is 5.32 Å². The van der Waals surface area contributed by atoms with E-state index < -0.39 is 5.60 Å². The number of carbonyl (C=O) groups excluding carboxylic acids is 1. The van der Waals surface area contributed by atoms with Gasteiger partial charge in [0, 0.05) is 29.6 Å². The van der Waals surface area contributed by atoms with E-state index >= 15 is 0 Å². The fraction of sp³-hybridized carbons (Fsp3) is 0.611. The van der Waals surface area contributed by atoms with Crippen LogP contribution in [-0.2, 0) is 11.3 Å². The van der Waals surface area contributed by atoms with Gasteiger partial charge in [0.2, 0.25) is 0 Å². The molecule has 0 bridgehead atoms. The normalized spacial score (nSPS) is 17.9. The molecule has 1 heterocycles. The highest BCUT2D eigenvalue weighted by atomic mass is 79.9. The number of piperidine rings is 1. The van der Waals surface area contributed by atoms with Gasteiger partial charge in [-0.05, 0) is 52.2 Å². The lowest BCUT2D eigenvalue weighted by atomic mass is 9.89. The molecule has 1 aromatic rings. The predicted octanol–water partition coefficient (Wildman–Crippen LogP) is 4.33. The highest BCUT2D eigenvalue weighted by Gasteiger charge is 2.33. The molecule has 0 atom stereocenters. The molecule has 1 N–H and O–H groups in total. The maximum absolute atomic E-state index is 12.1. The topological polar surface area (TPSA) is 41.6 Å². The summed E-state index contributed by atoms with van der Waals surface area (Å²) in [5.41, 5.74) is 0.868. The fourth-order valence-corrected chi connectivity index (χ4v) is 3.06. The van der Waals surface area contributed by atoms with Gasteiger partial charge in [0.1, 0.15) is 5.60 Å². The molecule has 1 aliphatic heterocycles. The summed E-state index contributed by atoms with van der Waals surface area (Å²) in [6.45, 7) is 10.2. The summed E-state index contributed by atoms with van der Waals surface area (Å²) in [6.07, 6.45) is 1.65. The molecule has 1 saturated heterocycles. The molecule has 0 unspecified atom stereocenters. The minimum atomic E-state index is -0.435. The van der Waals surface area contributed by atoms with Gasteiger partial charge in [-0.15, -0.1) is 0 Å². The predicted molar refractivity (Wildman–Crippen MR) is 96.4 cm³/mol. The summed E-state index contributed by atoms with van der Waals surface area (Å²) in [5.74, 6) is 0. The molecule has 128 valence electrons. The number of nitrogens with zero attached hydrogens (tertiary/aromatic N) is 1. The minimum Gasteiger partial charge on any atom is -0.444 e. The van der Waals surface area contributed by atoms with E-state index in [1.807, 2.05) is 31.7 Å². The summed E-state index contributed by atoms with van der Waals surface area (Å²) in [4.78, 5) is 13.9. The third kappa shape index (κ3) is 5.50. The van der Waals surface area contributed by atoms with Crippen LogP contribution in [0.5, 0.6) is 0 Å². The van der Waals surface area contributed by atoms with Gasteiger partial charge >= 0.3 is 6.09 Å². The third-order valence-corrected chi connectivity index (χ3v) is 4.96. The van der Waals surface area contributed by atoms with Gasteiger partial charge in [0.05, 0.1) is 0 Å². The smallest absolute Gasteiger partial charge is 0.410 e. The second-order valence-corrected chi connectivity index (χ2v) is 8.33. The molecule has 5 heteroatoms. The van der Waals surface area contributed by atoms with Crippen LogP contribution in [0.1, 0.15) is 46.1 Å². The first kappa shape index (κ1) is 18.3. The molecular weight excluding hydrogens is 356 g/mol. The van der Waals surface area contributed by atoms with Gasteiger partial charge in [-0.1, -0.05) is 34.1 Å². The average molecular weight is 383 g/mol. The molecule has 0 spiro atoms. The van der Waals surface area contributed by atoms with Crippen molar-refractivity contribution in [3.05, 3.63) is 34.3 Å². The van der Waals surface area contributed by atoms with Crippen molar-refractivity contribution in [3.63, 3.8) is 0 Å². The molecule has 1 aromatic carbocycles. The van der Waals surface area contributed by atoms with E-state index in [1.54, 1.807) is 0 Å². The molecule has 1 aliphatic rings. The van der Waals surface area contributed by atoms with Crippen molar-refractivity contribution in [3.8, 4) is 0 Å². The van der Waals surface area contributed by atoms with Crippen molar-refractivity contribution in [2.75, 3.05) is 13.1 Å². The number of hydrogen-bond acceptors (Lipinski definition) is 3. The number of benzene rings is 1. The van der Waals surface area contributed by atoms with Crippen molar-refractivity contribution in [1.82, 2.24) is 10.2 Å². The molecule has 1 amide bonds. The lowest BCUT2D eigenvalue weighted by Crippen LogP contribution is -2.53. The van der Waals surface area contributed by atoms with Crippen LogP contribution in [0, 0.1) is 0 Å². The monoisotopic (exact) mass is 382 g/mol. The maximum Gasteiger partial charge on any atom is 0.410 e. The third-order valence-electron chi connectivity index (χ3n) is 4.18. The van der Waals surface area contributed by atoms with Gasteiger partial charge in [-0.25, -0.2) is 4.79 Å². The number of nitrogens with one attached hydrogen (secondary N) is 1. The Morgan fingerprint density at radius 1 is 1.30 bits per heavy atom.